The minimum atomic E-state index is -1.91. The first-order valence-corrected chi connectivity index (χ1v) is 14.9. The Hall–Kier alpha value is -1.31. The summed E-state index contributed by atoms with van der Waals surface area (Å²) in [6, 6.07) is 10.0. The molecule has 0 spiro atoms. The van der Waals surface area contributed by atoms with Crippen molar-refractivity contribution in [2.24, 2.45) is 5.92 Å². The molecule has 5 heteroatoms. The van der Waals surface area contributed by atoms with Gasteiger partial charge in [0.25, 0.3) is 0 Å². The fraction of sp³-hybridized carbons (Fsp3) is 0.522. The van der Waals surface area contributed by atoms with Crippen LogP contribution in [0.15, 0.2) is 43.0 Å². The van der Waals surface area contributed by atoms with E-state index in [9.17, 15) is 4.79 Å². The summed E-state index contributed by atoms with van der Waals surface area (Å²) in [5, 5.41) is 0.966. The second-order valence-electron chi connectivity index (χ2n) is 8.76. The van der Waals surface area contributed by atoms with Crippen LogP contribution in [0, 0.1) is 17.8 Å². The Morgan fingerprint density at radius 2 is 1.96 bits per heavy atom. The van der Waals surface area contributed by atoms with Crippen molar-refractivity contribution in [1.29, 1.82) is 0 Å². The van der Waals surface area contributed by atoms with Crippen molar-refractivity contribution in [3.05, 3.63) is 48.6 Å². The summed E-state index contributed by atoms with van der Waals surface area (Å²) < 4.78 is 6.55. The molecule has 1 aromatic rings. The molecule has 1 aliphatic rings. The van der Waals surface area contributed by atoms with Crippen LogP contribution < -0.4 is 0 Å². The second kappa shape index (κ2) is 9.46. The topological polar surface area (TPSA) is 29.5 Å². The van der Waals surface area contributed by atoms with Gasteiger partial charge < -0.3 is 0 Å². The number of likely N-dealkylation sites (tertiary alicyclic amines) is 1. The number of nitrogens with zero attached hydrogens (tertiary/aromatic N) is 1. The summed E-state index contributed by atoms with van der Waals surface area (Å²) in [6.45, 7) is 17.7. The summed E-state index contributed by atoms with van der Waals surface area (Å²) in [6.07, 6.45) is 1.76. The molecule has 0 radical (unpaired) electrons. The molecule has 1 amide bonds. The van der Waals surface area contributed by atoms with Crippen molar-refractivity contribution in [2.45, 2.75) is 62.2 Å². The average molecular weight is 463 g/mol. The first kappa shape index (κ1) is 23.0. The van der Waals surface area contributed by atoms with Crippen molar-refractivity contribution in [2.75, 3.05) is 6.54 Å². The zero-order valence-electron chi connectivity index (χ0n) is 18.0. The van der Waals surface area contributed by atoms with Gasteiger partial charge in [-0.2, -0.15) is 0 Å². The predicted molar refractivity (Wildman–Crippen MR) is 121 cm³/mol. The van der Waals surface area contributed by atoms with Crippen molar-refractivity contribution in [3.63, 3.8) is 0 Å². The van der Waals surface area contributed by atoms with E-state index in [0.717, 1.165) is 10.9 Å². The molecule has 0 saturated carbocycles. The van der Waals surface area contributed by atoms with Gasteiger partial charge in [-0.25, -0.2) is 0 Å². The molecule has 0 unspecified atom stereocenters. The van der Waals surface area contributed by atoms with E-state index in [1.54, 1.807) is 0 Å². The van der Waals surface area contributed by atoms with Crippen LogP contribution in [-0.2, 0) is 9.22 Å². The molecule has 0 bridgehead atoms. The van der Waals surface area contributed by atoms with Crippen LogP contribution in [0.2, 0.25) is 23.5 Å². The molecular weight excluding hydrogens is 429 g/mol. The van der Waals surface area contributed by atoms with Crippen molar-refractivity contribution < 1.29 is 9.22 Å². The number of β-lactam (4-membered cyclic amide) rings is 1. The molecule has 3 nitrogen and oxygen atoms in total. The molecule has 1 aromatic carbocycles. The van der Waals surface area contributed by atoms with Crippen LogP contribution in [0.5, 0.6) is 0 Å². The van der Waals surface area contributed by atoms with Crippen LogP contribution in [0.1, 0.15) is 33.3 Å². The number of amides is 1. The first-order valence-electron chi connectivity index (χ1n) is 9.83. The second-order valence-corrected chi connectivity index (χ2v) is 15.8. The third kappa shape index (κ3) is 5.39. The van der Waals surface area contributed by atoms with E-state index >= 15 is 0 Å². The number of hydrogen-bond acceptors (Lipinski definition) is 2. The van der Waals surface area contributed by atoms with Gasteiger partial charge >= 0.3 is 178 Å². The Bertz CT molecular complexity index is 745. The summed E-state index contributed by atoms with van der Waals surface area (Å²) in [5.74, 6) is 6.67. The number of carbonyl (C=O) groups is 1. The van der Waals surface area contributed by atoms with Crippen LogP contribution in [0.3, 0.4) is 0 Å². The predicted octanol–water partition coefficient (Wildman–Crippen LogP) is 4.54. The van der Waals surface area contributed by atoms with Crippen molar-refractivity contribution in [1.82, 2.24) is 4.90 Å². The number of benzene rings is 1. The van der Waals surface area contributed by atoms with Gasteiger partial charge in [-0.1, -0.05) is 0 Å². The minimum absolute atomic E-state index is 0.0485. The number of rotatable bonds is 7. The SMILES string of the molecule is C=CCN1C(=O)[C@H]([C@@H](C)O[Si](C)(C)C(C)(C)C)[C@H]1[Se]CC#Cc1ccccc1. The quantitative estimate of drug-likeness (QED) is 0.258. The van der Waals surface area contributed by atoms with Gasteiger partial charge in [-0.05, 0) is 0 Å². The third-order valence-electron chi connectivity index (χ3n) is 5.63. The molecule has 0 aliphatic carbocycles. The zero-order chi connectivity index (χ0) is 20.9. The number of hydrogen-bond donors (Lipinski definition) is 0. The van der Waals surface area contributed by atoms with Crippen molar-refractivity contribution in [3.8, 4) is 11.8 Å². The zero-order valence-corrected chi connectivity index (χ0v) is 20.7. The summed E-state index contributed by atoms with van der Waals surface area (Å²) in [7, 11) is -1.91. The van der Waals surface area contributed by atoms with E-state index in [-0.39, 0.29) is 42.9 Å². The van der Waals surface area contributed by atoms with Crippen LogP contribution in [0.4, 0.5) is 0 Å². The molecule has 28 heavy (non-hydrogen) atoms. The van der Waals surface area contributed by atoms with E-state index in [0.29, 0.717) is 6.54 Å². The van der Waals surface area contributed by atoms with Gasteiger partial charge in [0.15, 0.2) is 0 Å². The monoisotopic (exact) mass is 463 g/mol. The maximum absolute atomic E-state index is 12.8. The Morgan fingerprint density at radius 1 is 1.32 bits per heavy atom. The van der Waals surface area contributed by atoms with Gasteiger partial charge in [-0.15, -0.1) is 0 Å². The number of carbonyl (C=O) groups excluding carboxylic acids is 1. The fourth-order valence-corrected chi connectivity index (χ4v) is 7.05. The Kier molecular flexibility index (Phi) is 7.76. The van der Waals surface area contributed by atoms with Gasteiger partial charge in [0.1, 0.15) is 0 Å². The van der Waals surface area contributed by atoms with Gasteiger partial charge in [-0.3, -0.25) is 0 Å². The molecule has 1 saturated heterocycles. The summed E-state index contributed by atoms with van der Waals surface area (Å²) in [5.41, 5.74) is 1.04. The molecule has 0 aromatic heterocycles. The van der Waals surface area contributed by atoms with Gasteiger partial charge in [0.2, 0.25) is 0 Å². The van der Waals surface area contributed by atoms with E-state index < -0.39 is 8.32 Å². The third-order valence-corrected chi connectivity index (χ3v) is 12.7. The van der Waals surface area contributed by atoms with E-state index in [1.165, 1.54) is 0 Å². The maximum atomic E-state index is 12.8. The molecular formula is C23H33NO2SeSi. The molecule has 1 aliphatic heterocycles. The Labute approximate surface area is 178 Å². The van der Waals surface area contributed by atoms with Crippen LogP contribution >= 0.6 is 0 Å². The Balaban J connectivity index is 2.04. The van der Waals surface area contributed by atoms with E-state index in [1.807, 2.05) is 41.3 Å². The fourth-order valence-electron chi connectivity index (χ4n) is 3.01. The van der Waals surface area contributed by atoms with Crippen molar-refractivity contribution >= 4 is 29.2 Å². The van der Waals surface area contributed by atoms with Crippen LogP contribution in [0.25, 0.3) is 0 Å². The molecule has 1 fully saturated rings. The first-order chi connectivity index (χ1) is 13.1. The average Bonchev–Trinajstić information content (AvgIpc) is 2.61. The Morgan fingerprint density at radius 3 is 2.54 bits per heavy atom. The molecule has 152 valence electrons. The molecule has 1 heterocycles. The summed E-state index contributed by atoms with van der Waals surface area (Å²) >= 11 is 0.231. The van der Waals surface area contributed by atoms with Crippen LogP contribution in [-0.4, -0.2) is 51.7 Å². The standard InChI is InChI=1S/C23H33NO2SeSi/c1-8-16-24-21(25)20(18(2)26-28(6,7)23(3,4)5)22(24)27-17-12-15-19-13-10-9-11-14-19/h8-11,13-14,18,20,22H,1,16-17H2,2-7H3/t18-,20+,22-/m1/s1. The molecule has 0 N–H and O–H groups in total. The van der Waals surface area contributed by atoms with Gasteiger partial charge in [0.05, 0.1) is 0 Å². The van der Waals surface area contributed by atoms with Gasteiger partial charge in [0, 0.05) is 0 Å². The molecule has 2 rings (SSSR count). The molecule has 3 atom stereocenters. The normalized spacial score (nSPS) is 20.8. The van der Waals surface area contributed by atoms with E-state index in [2.05, 4.69) is 59.2 Å². The summed E-state index contributed by atoms with van der Waals surface area (Å²) in [4.78, 5) is 15.0. The van der Waals surface area contributed by atoms with E-state index in [4.69, 9.17) is 4.43 Å².